The summed E-state index contributed by atoms with van der Waals surface area (Å²) in [5.74, 6) is 2.32. The normalized spacial score (nSPS) is 16.9. The standard InChI is InChI=1S/C11H14ClIN2S/c1-16-6-8-14-10(7-4-2-3-5-7)9(13)11(12)15-8/h7H,2-6H2,1H3. The van der Waals surface area contributed by atoms with Gasteiger partial charge in [-0.3, -0.25) is 0 Å². The lowest BCUT2D eigenvalue weighted by atomic mass is 10.0. The molecule has 1 aromatic heterocycles. The van der Waals surface area contributed by atoms with Gasteiger partial charge in [-0.15, -0.1) is 0 Å². The zero-order valence-electron chi connectivity index (χ0n) is 9.17. The van der Waals surface area contributed by atoms with Crippen LogP contribution in [0.3, 0.4) is 0 Å². The van der Waals surface area contributed by atoms with Crippen LogP contribution < -0.4 is 0 Å². The Balaban J connectivity index is 2.33. The molecule has 0 unspecified atom stereocenters. The third-order valence-electron chi connectivity index (χ3n) is 2.90. The molecule has 0 amide bonds. The molecule has 0 atom stereocenters. The number of nitrogens with zero attached hydrogens (tertiary/aromatic N) is 2. The zero-order valence-corrected chi connectivity index (χ0v) is 12.9. The summed E-state index contributed by atoms with van der Waals surface area (Å²) in [4.78, 5) is 9.00. The van der Waals surface area contributed by atoms with Gasteiger partial charge < -0.3 is 0 Å². The van der Waals surface area contributed by atoms with E-state index in [2.05, 4.69) is 38.8 Å². The number of hydrogen-bond donors (Lipinski definition) is 0. The van der Waals surface area contributed by atoms with Crippen LogP contribution in [-0.4, -0.2) is 16.2 Å². The molecule has 1 aromatic rings. The number of rotatable bonds is 3. The molecule has 0 spiro atoms. The van der Waals surface area contributed by atoms with Crippen LogP contribution in [0.25, 0.3) is 0 Å². The molecule has 1 fully saturated rings. The molecule has 1 heterocycles. The first-order valence-electron chi connectivity index (χ1n) is 5.43. The van der Waals surface area contributed by atoms with Gasteiger partial charge in [0.2, 0.25) is 0 Å². The molecule has 88 valence electrons. The van der Waals surface area contributed by atoms with Gasteiger partial charge >= 0.3 is 0 Å². The van der Waals surface area contributed by atoms with Crippen molar-refractivity contribution < 1.29 is 0 Å². The van der Waals surface area contributed by atoms with Crippen molar-refractivity contribution in [3.63, 3.8) is 0 Å². The van der Waals surface area contributed by atoms with Gasteiger partial charge in [0.1, 0.15) is 11.0 Å². The van der Waals surface area contributed by atoms with Gasteiger partial charge in [0.25, 0.3) is 0 Å². The van der Waals surface area contributed by atoms with Crippen molar-refractivity contribution in [2.75, 3.05) is 6.26 Å². The lowest BCUT2D eigenvalue weighted by molar-refractivity contribution is 0.683. The Hall–Kier alpha value is 0.450. The van der Waals surface area contributed by atoms with Crippen molar-refractivity contribution in [1.29, 1.82) is 0 Å². The summed E-state index contributed by atoms with van der Waals surface area (Å²) in [6.07, 6.45) is 7.20. The van der Waals surface area contributed by atoms with Crippen molar-refractivity contribution in [1.82, 2.24) is 9.97 Å². The molecule has 1 saturated carbocycles. The van der Waals surface area contributed by atoms with Crippen LogP contribution in [0, 0.1) is 3.57 Å². The Kier molecular flexibility index (Phi) is 4.73. The third-order valence-corrected chi connectivity index (χ3v) is 5.10. The molecule has 0 aliphatic heterocycles. The zero-order chi connectivity index (χ0) is 11.5. The Bertz CT molecular complexity index is 380. The van der Waals surface area contributed by atoms with E-state index in [0.29, 0.717) is 11.1 Å². The van der Waals surface area contributed by atoms with E-state index in [-0.39, 0.29) is 0 Å². The highest BCUT2D eigenvalue weighted by Crippen LogP contribution is 2.36. The Morgan fingerprint density at radius 2 is 2.06 bits per heavy atom. The molecule has 0 radical (unpaired) electrons. The van der Waals surface area contributed by atoms with Crippen LogP contribution in [0.4, 0.5) is 0 Å². The maximum Gasteiger partial charge on any atom is 0.146 e. The van der Waals surface area contributed by atoms with Crippen molar-refractivity contribution in [3.05, 3.63) is 20.2 Å². The fraction of sp³-hybridized carbons (Fsp3) is 0.636. The third kappa shape index (κ3) is 2.82. The van der Waals surface area contributed by atoms with Crippen LogP contribution in [0.5, 0.6) is 0 Å². The van der Waals surface area contributed by atoms with E-state index in [0.717, 1.165) is 15.1 Å². The maximum atomic E-state index is 6.17. The van der Waals surface area contributed by atoms with E-state index in [1.165, 1.54) is 31.4 Å². The highest BCUT2D eigenvalue weighted by Gasteiger charge is 2.23. The Labute approximate surface area is 119 Å². The first-order valence-corrected chi connectivity index (χ1v) is 8.28. The minimum atomic E-state index is 0.605. The van der Waals surface area contributed by atoms with Crippen molar-refractivity contribution >= 4 is 46.0 Å². The van der Waals surface area contributed by atoms with Crippen LogP contribution in [0.1, 0.15) is 43.1 Å². The summed E-state index contributed by atoms with van der Waals surface area (Å²) in [7, 11) is 0. The molecular formula is C11H14ClIN2S. The van der Waals surface area contributed by atoms with Crippen LogP contribution in [0.15, 0.2) is 0 Å². The second-order valence-electron chi connectivity index (χ2n) is 4.04. The van der Waals surface area contributed by atoms with Gasteiger partial charge in [-0.05, 0) is 41.7 Å². The minimum Gasteiger partial charge on any atom is -0.236 e. The van der Waals surface area contributed by atoms with Gasteiger partial charge in [-0.1, -0.05) is 24.4 Å². The second-order valence-corrected chi connectivity index (χ2v) is 6.35. The van der Waals surface area contributed by atoms with Crippen LogP contribution in [-0.2, 0) is 5.75 Å². The van der Waals surface area contributed by atoms with E-state index >= 15 is 0 Å². The predicted octanol–water partition coefficient (Wildman–Crippen LogP) is 4.26. The van der Waals surface area contributed by atoms with Gasteiger partial charge in [-0.25, -0.2) is 9.97 Å². The maximum absolute atomic E-state index is 6.17. The largest absolute Gasteiger partial charge is 0.236 e. The van der Waals surface area contributed by atoms with Gasteiger partial charge in [0.15, 0.2) is 0 Å². The van der Waals surface area contributed by atoms with E-state index in [1.807, 2.05) is 0 Å². The lowest BCUT2D eigenvalue weighted by Gasteiger charge is -2.13. The van der Waals surface area contributed by atoms with Gasteiger partial charge in [0.05, 0.1) is 15.0 Å². The van der Waals surface area contributed by atoms with Crippen LogP contribution >= 0.6 is 46.0 Å². The molecule has 1 aliphatic rings. The molecule has 5 heteroatoms. The van der Waals surface area contributed by atoms with Crippen LogP contribution in [0.2, 0.25) is 5.15 Å². The molecule has 0 N–H and O–H groups in total. The lowest BCUT2D eigenvalue weighted by Crippen LogP contribution is -2.06. The molecule has 0 saturated heterocycles. The summed E-state index contributed by atoms with van der Waals surface area (Å²) < 4.78 is 1.05. The molecule has 2 rings (SSSR count). The molecule has 0 aromatic carbocycles. The Morgan fingerprint density at radius 1 is 1.38 bits per heavy atom. The first-order chi connectivity index (χ1) is 7.72. The summed E-state index contributed by atoms with van der Waals surface area (Å²) in [6.45, 7) is 0. The molecule has 1 aliphatic carbocycles. The Morgan fingerprint density at radius 3 is 2.69 bits per heavy atom. The van der Waals surface area contributed by atoms with Crippen molar-refractivity contribution in [2.45, 2.75) is 37.4 Å². The number of halogens is 2. The summed E-state index contributed by atoms with van der Waals surface area (Å²) in [5, 5.41) is 0.626. The molecular weight excluding hydrogens is 355 g/mol. The smallest absolute Gasteiger partial charge is 0.146 e. The summed E-state index contributed by atoms with van der Waals surface area (Å²) in [5.41, 5.74) is 1.18. The molecule has 2 nitrogen and oxygen atoms in total. The first kappa shape index (κ1) is 12.9. The van der Waals surface area contributed by atoms with Gasteiger partial charge in [-0.2, -0.15) is 11.8 Å². The van der Waals surface area contributed by atoms with E-state index in [1.54, 1.807) is 11.8 Å². The SMILES string of the molecule is CSCc1nc(Cl)c(I)c(C2CCCC2)n1. The number of hydrogen-bond acceptors (Lipinski definition) is 3. The minimum absolute atomic E-state index is 0.605. The van der Waals surface area contributed by atoms with Crippen molar-refractivity contribution in [2.24, 2.45) is 0 Å². The molecule has 16 heavy (non-hydrogen) atoms. The highest BCUT2D eigenvalue weighted by molar-refractivity contribution is 14.1. The quantitative estimate of drug-likeness (QED) is 0.589. The predicted molar refractivity (Wildman–Crippen MR) is 78.2 cm³/mol. The van der Waals surface area contributed by atoms with Gasteiger partial charge in [0, 0.05) is 5.92 Å². The number of aromatic nitrogens is 2. The second kappa shape index (κ2) is 5.87. The van der Waals surface area contributed by atoms with E-state index in [4.69, 9.17) is 11.6 Å². The fourth-order valence-electron chi connectivity index (χ4n) is 2.14. The average molecular weight is 369 g/mol. The highest BCUT2D eigenvalue weighted by atomic mass is 127. The summed E-state index contributed by atoms with van der Waals surface area (Å²) in [6, 6.07) is 0. The monoisotopic (exact) mass is 368 g/mol. The summed E-state index contributed by atoms with van der Waals surface area (Å²) >= 11 is 10.2. The van der Waals surface area contributed by atoms with Crippen molar-refractivity contribution in [3.8, 4) is 0 Å². The molecule has 0 bridgehead atoms. The average Bonchev–Trinajstić information content (AvgIpc) is 2.76. The van der Waals surface area contributed by atoms with E-state index < -0.39 is 0 Å². The fourth-order valence-corrected chi connectivity index (χ4v) is 3.41. The number of thioether (sulfide) groups is 1. The topological polar surface area (TPSA) is 25.8 Å². The van der Waals surface area contributed by atoms with E-state index in [9.17, 15) is 0 Å².